The normalized spacial score (nSPS) is 13.0. The second-order valence-corrected chi connectivity index (χ2v) is 9.12. The molecule has 0 saturated carbocycles. The summed E-state index contributed by atoms with van der Waals surface area (Å²) in [6.45, 7) is 6.51. The molecule has 0 bridgehead atoms. The van der Waals surface area contributed by atoms with Gasteiger partial charge in [0.25, 0.3) is 0 Å². The van der Waals surface area contributed by atoms with E-state index in [0.29, 0.717) is 33.4 Å². The minimum atomic E-state index is -0.581. The Morgan fingerprint density at radius 1 is 1.19 bits per heavy atom. The van der Waals surface area contributed by atoms with E-state index < -0.39 is 5.97 Å². The highest BCUT2D eigenvalue weighted by atomic mass is 32.1. The summed E-state index contributed by atoms with van der Waals surface area (Å²) < 4.78 is 12.4. The van der Waals surface area contributed by atoms with Crippen LogP contribution in [0, 0.1) is 20.8 Å². The van der Waals surface area contributed by atoms with Crippen LogP contribution in [0.5, 0.6) is 0 Å². The number of carbonyl (C=O) groups excluding carboxylic acids is 3. The fraction of sp³-hybridized carbons (Fsp3) is 0.391. The van der Waals surface area contributed by atoms with Gasteiger partial charge in [-0.2, -0.15) is 0 Å². The molecule has 1 aliphatic rings. The Bertz CT molecular complexity index is 1220. The second-order valence-electron chi connectivity index (χ2n) is 8.01. The number of ether oxygens (including phenoxy) is 1. The van der Waals surface area contributed by atoms with Gasteiger partial charge in [-0.25, -0.2) is 4.79 Å². The van der Waals surface area contributed by atoms with Crippen molar-refractivity contribution in [3.63, 3.8) is 0 Å². The molecule has 0 radical (unpaired) electrons. The van der Waals surface area contributed by atoms with Gasteiger partial charge < -0.3 is 14.6 Å². The predicted molar refractivity (Wildman–Crippen MR) is 120 cm³/mol. The lowest BCUT2D eigenvalue weighted by Gasteiger charge is -2.12. The van der Waals surface area contributed by atoms with Gasteiger partial charge in [0.05, 0.1) is 5.56 Å². The molecule has 0 unspecified atom stereocenters. The highest BCUT2D eigenvalue weighted by Gasteiger charge is 2.28. The molecule has 4 rings (SSSR count). The van der Waals surface area contributed by atoms with Crippen molar-refractivity contribution in [1.29, 1.82) is 0 Å². The number of Topliss-reactive ketones (excluding diaryl/α,β-unsaturated/α-hetero) is 1. The molecule has 168 valence electrons. The maximum atomic E-state index is 13.0. The lowest BCUT2D eigenvalue weighted by Crippen LogP contribution is -2.18. The number of hydrogen-bond donors (Lipinski definition) is 1. The van der Waals surface area contributed by atoms with Crippen LogP contribution in [0.2, 0.25) is 0 Å². The van der Waals surface area contributed by atoms with Crippen molar-refractivity contribution >= 4 is 34.0 Å². The van der Waals surface area contributed by atoms with Gasteiger partial charge in [0.1, 0.15) is 10.8 Å². The number of aromatic nitrogens is 2. The van der Waals surface area contributed by atoms with E-state index in [1.54, 1.807) is 19.1 Å². The quantitative estimate of drug-likeness (QED) is 0.438. The van der Waals surface area contributed by atoms with Crippen molar-refractivity contribution in [2.45, 2.75) is 53.4 Å². The molecular weight excluding hydrogens is 430 g/mol. The number of amides is 1. The number of nitrogens with zero attached hydrogens (tertiary/aromatic N) is 2. The van der Waals surface area contributed by atoms with E-state index in [0.717, 1.165) is 41.8 Å². The van der Waals surface area contributed by atoms with Crippen molar-refractivity contribution in [1.82, 2.24) is 9.72 Å². The van der Waals surface area contributed by atoms with E-state index in [-0.39, 0.29) is 18.3 Å². The molecule has 0 saturated heterocycles. The van der Waals surface area contributed by atoms with Crippen LogP contribution in [0.3, 0.4) is 0 Å². The van der Waals surface area contributed by atoms with Crippen molar-refractivity contribution < 1.29 is 23.6 Å². The smallest absolute Gasteiger partial charge is 0.341 e. The Morgan fingerprint density at radius 2 is 1.94 bits per heavy atom. The highest BCUT2D eigenvalue weighted by molar-refractivity contribution is 7.17. The third-order valence-corrected chi connectivity index (χ3v) is 6.78. The maximum absolute atomic E-state index is 13.0. The van der Waals surface area contributed by atoms with Gasteiger partial charge in [-0.05, 0) is 58.1 Å². The van der Waals surface area contributed by atoms with E-state index in [9.17, 15) is 14.4 Å². The summed E-state index contributed by atoms with van der Waals surface area (Å²) in [7, 11) is 0. The third-order valence-electron chi connectivity index (χ3n) is 5.58. The molecule has 1 amide bonds. The standard InChI is InChI=1S/C23H25N3O5S/c1-12-9-17(14(3)26(12)20-10-13(2)31-25-20)18(28)11-30-23(29)21-16-7-5-6-8-19(16)32-22(21)24-15(4)27/h9-10H,5-8,11H2,1-4H3,(H,24,27). The van der Waals surface area contributed by atoms with Crippen LogP contribution >= 0.6 is 11.3 Å². The van der Waals surface area contributed by atoms with Gasteiger partial charge in [-0.15, -0.1) is 11.3 Å². The molecule has 0 aromatic carbocycles. The molecule has 0 atom stereocenters. The van der Waals surface area contributed by atoms with Gasteiger partial charge >= 0.3 is 5.97 Å². The molecule has 0 spiro atoms. The minimum Gasteiger partial charge on any atom is -0.454 e. The van der Waals surface area contributed by atoms with Crippen molar-refractivity contribution in [2.24, 2.45) is 0 Å². The number of nitrogens with one attached hydrogen (secondary N) is 1. The lowest BCUT2D eigenvalue weighted by molar-refractivity contribution is -0.114. The Balaban J connectivity index is 1.54. The highest BCUT2D eigenvalue weighted by Crippen LogP contribution is 2.38. The van der Waals surface area contributed by atoms with Gasteiger partial charge in [-0.3, -0.25) is 14.2 Å². The first-order valence-electron chi connectivity index (χ1n) is 10.5. The van der Waals surface area contributed by atoms with Crippen LogP contribution in [0.1, 0.15) is 68.1 Å². The third kappa shape index (κ3) is 4.12. The van der Waals surface area contributed by atoms with E-state index in [2.05, 4.69) is 10.5 Å². The van der Waals surface area contributed by atoms with Crippen LogP contribution in [0.4, 0.5) is 5.00 Å². The zero-order chi connectivity index (χ0) is 23.0. The first-order chi connectivity index (χ1) is 15.3. The Kier molecular flexibility index (Phi) is 6.01. The van der Waals surface area contributed by atoms with E-state index in [4.69, 9.17) is 9.26 Å². The molecule has 3 heterocycles. The summed E-state index contributed by atoms with van der Waals surface area (Å²) in [6.07, 6.45) is 3.69. The molecular formula is C23H25N3O5S. The van der Waals surface area contributed by atoms with Crippen LogP contribution in [-0.2, 0) is 22.4 Å². The molecule has 9 heteroatoms. The number of thiophene rings is 1. The first kappa shape index (κ1) is 22.0. The predicted octanol–water partition coefficient (Wildman–Crippen LogP) is 4.33. The van der Waals surface area contributed by atoms with Crippen molar-refractivity contribution in [3.05, 3.63) is 50.8 Å². The zero-order valence-electron chi connectivity index (χ0n) is 18.5. The molecule has 0 fully saturated rings. The number of aryl methyl sites for hydroxylation is 3. The Hall–Kier alpha value is -3.20. The molecule has 32 heavy (non-hydrogen) atoms. The number of hydrogen-bond acceptors (Lipinski definition) is 7. The second kappa shape index (κ2) is 8.74. The summed E-state index contributed by atoms with van der Waals surface area (Å²) in [6, 6.07) is 3.54. The number of anilines is 1. The molecule has 1 aliphatic carbocycles. The fourth-order valence-corrected chi connectivity index (χ4v) is 5.49. The van der Waals surface area contributed by atoms with Crippen molar-refractivity contribution in [3.8, 4) is 5.82 Å². The van der Waals surface area contributed by atoms with E-state index >= 15 is 0 Å². The minimum absolute atomic E-state index is 0.246. The monoisotopic (exact) mass is 455 g/mol. The summed E-state index contributed by atoms with van der Waals surface area (Å²) in [5.74, 6) is 0.136. The summed E-state index contributed by atoms with van der Waals surface area (Å²) in [5, 5.41) is 7.27. The molecule has 8 nitrogen and oxygen atoms in total. The number of ketones is 1. The number of rotatable bonds is 6. The summed E-state index contributed by atoms with van der Waals surface area (Å²) >= 11 is 1.42. The topological polar surface area (TPSA) is 103 Å². The summed E-state index contributed by atoms with van der Waals surface area (Å²) in [5.41, 5.74) is 3.30. The molecule has 0 aliphatic heterocycles. The van der Waals surface area contributed by atoms with Crippen LogP contribution in [0.25, 0.3) is 5.82 Å². The lowest BCUT2D eigenvalue weighted by atomic mass is 9.95. The van der Waals surface area contributed by atoms with Gasteiger partial charge in [0.15, 0.2) is 12.4 Å². The van der Waals surface area contributed by atoms with Crippen molar-refractivity contribution in [2.75, 3.05) is 11.9 Å². The zero-order valence-corrected chi connectivity index (χ0v) is 19.4. The Labute approximate surface area is 189 Å². The number of esters is 1. The first-order valence-corrected chi connectivity index (χ1v) is 11.3. The largest absolute Gasteiger partial charge is 0.454 e. The maximum Gasteiger partial charge on any atom is 0.341 e. The number of fused-ring (bicyclic) bond motifs is 1. The molecule has 3 aromatic heterocycles. The van der Waals surface area contributed by atoms with Gasteiger partial charge in [0, 0.05) is 34.8 Å². The van der Waals surface area contributed by atoms with E-state index in [1.165, 1.54) is 18.3 Å². The average Bonchev–Trinajstić information content (AvgIpc) is 3.40. The van der Waals surface area contributed by atoms with E-state index in [1.807, 2.05) is 18.4 Å². The fourth-order valence-electron chi connectivity index (χ4n) is 4.17. The van der Waals surface area contributed by atoms with Gasteiger partial charge in [-0.1, -0.05) is 5.16 Å². The average molecular weight is 456 g/mol. The summed E-state index contributed by atoms with van der Waals surface area (Å²) in [4.78, 5) is 38.6. The molecule has 3 aromatic rings. The molecule has 1 N–H and O–H groups in total. The number of carbonyl (C=O) groups is 3. The van der Waals surface area contributed by atoms with Crippen LogP contribution < -0.4 is 5.32 Å². The van der Waals surface area contributed by atoms with Crippen LogP contribution in [0.15, 0.2) is 16.7 Å². The Morgan fingerprint density at radius 3 is 2.62 bits per heavy atom. The SMILES string of the molecule is CC(=O)Nc1sc2c(c1C(=O)OCC(=O)c1cc(C)n(-c3cc(C)on3)c1C)CCCC2. The van der Waals surface area contributed by atoms with Gasteiger partial charge in [0.2, 0.25) is 11.7 Å². The van der Waals surface area contributed by atoms with Crippen LogP contribution in [-0.4, -0.2) is 34.0 Å².